The molecule has 0 saturated heterocycles. The summed E-state index contributed by atoms with van der Waals surface area (Å²) in [6.07, 6.45) is 4.20. The van der Waals surface area contributed by atoms with Crippen LogP contribution in [0.15, 0.2) is 46.7 Å². The Kier molecular flexibility index (Phi) is 5.18. The minimum atomic E-state index is 0.689. The van der Waals surface area contributed by atoms with Crippen molar-refractivity contribution < 1.29 is 0 Å². The van der Waals surface area contributed by atoms with Crippen LogP contribution in [-0.4, -0.2) is 0 Å². The van der Waals surface area contributed by atoms with Gasteiger partial charge in [0.25, 0.3) is 0 Å². The standard InChI is InChI=1S/C22H26N2S2/c1-13-9-15(3)19(16(4)10-13)23-7-8-24(21(23)22(25)26)20-17(5)11-14(2)12-18(20)6/h7-12,25-26H,1-6H3. The average Bonchev–Trinajstić information content (AvgIpc) is 2.89. The summed E-state index contributed by atoms with van der Waals surface area (Å²) in [7, 11) is 0. The first-order valence-corrected chi connectivity index (χ1v) is 9.65. The summed E-state index contributed by atoms with van der Waals surface area (Å²) in [4.78, 5) is 4.39. The minimum absolute atomic E-state index is 0.689. The van der Waals surface area contributed by atoms with Gasteiger partial charge < -0.3 is 0 Å². The summed E-state index contributed by atoms with van der Waals surface area (Å²) in [5.41, 5.74) is 9.89. The van der Waals surface area contributed by atoms with E-state index in [2.05, 4.69) is 113 Å². The number of anilines is 2. The van der Waals surface area contributed by atoms with Crippen LogP contribution in [0.3, 0.4) is 0 Å². The Labute approximate surface area is 168 Å². The lowest BCUT2D eigenvalue weighted by Gasteiger charge is -2.30. The van der Waals surface area contributed by atoms with Crippen LogP contribution in [0.2, 0.25) is 0 Å². The van der Waals surface area contributed by atoms with Gasteiger partial charge in [-0.2, -0.15) is 0 Å². The van der Waals surface area contributed by atoms with Crippen molar-refractivity contribution in [1.29, 1.82) is 0 Å². The summed E-state index contributed by atoms with van der Waals surface area (Å²) in [6.45, 7) is 12.9. The largest absolute Gasteiger partial charge is 0.300 e. The lowest BCUT2D eigenvalue weighted by Crippen LogP contribution is -2.25. The maximum atomic E-state index is 4.61. The number of thiol groups is 2. The monoisotopic (exact) mass is 382 g/mol. The smallest absolute Gasteiger partial charge is 0.141 e. The third-order valence-electron chi connectivity index (χ3n) is 4.77. The topological polar surface area (TPSA) is 6.48 Å². The Morgan fingerprint density at radius 3 is 1.19 bits per heavy atom. The van der Waals surface area contributed by atoms with Gasteiger partial charge in [0, 0.05) is 12.4 Å². The number of nitrogens with zero attached hydrogens (tertiary/aromatic N) is 2. The molecule has 2 aromatic carbocycles. The fraction of sp³-hybridized carbons (Fsp3) is 0.273. The summed E-state index contributed by atoms with van der Waals surface area (Å²) in [5.74, 6) is 0.960. The molecule has 0 radical (unpaired) electrons. The van der Waals surface area contributed by atoms with Crippen LogP contribution in [0, 0.1) is 41.5 Å². The molecule has 0 saturated carbocycles. The lowest BCUT2D eigenvalue weighted by molar-refractivity contribution is 1.08. The zero-order chi connectivity index (χ0) is 19.2. The summed E-state index contributed by atoms with van der Waals surface area (Å²) in [5, 5.41) is 0. The summed E-state index contributed by atoms with van der Waals surface area (Å²) >= 11 is 9.22. The zero-order valence-electron chi connectivity index (χ0n) is 16.3. The lowest BCUT2D eigenvalue weighted by atomic mass is 10.0. The van der Waals surface area contributed by atoms with Crippen molar-refractivity contribution in [3.8, 4) is 0 Å². The van der Waals surface area contributed by atoms with Crippen LogP contribution in [0.4, 0.5) is 11.4 Å². The van der Waals surface area contributed by atoms with Crippen molar-refractivity contribution in [3.63, 3.8) is 0 Å². The van der Waals surface area contributed by atoms with Gasteiger partial charge in [0.1, 0.15) is 5.82 Å². The first-order chi connectivity index (χ1) is 12.2. The van der Waals surface area contributed by atoms with Crippen LogP contribution >= 0.6 is 25.3 Å². The van der Waals surface area contributed by atoms with Crippen molar-refractivity contribution >= 4 is 36.6 Å². The molecule has 2 nitrogen and oxygen atoms in total. The third-order valence-corrected chi connectivity index (χ3v) is 5.17. The van der Waals surface area contributed by atoms with E-state index >= 15 is 0 Å². The Balaban J connectivity index is 2.15. The fourth-order valence-corrected chi connectivity index (χ4v) is 4.50. The van der Waals surface area contributed by atoms with Gasteiger partial charge >= 0.3 is 0 Å². The predicted octanol–water partition coefficient (Wildman–Crippen LogP) is 6.32. The van der Waals surface area contributed by atoms with E-state index in [4.69, 9.17) is 0 Å². The summed E-state index contributed by atoms with van der Waals surface area (Å²) in [6, 6.07) is 8.87. The van der Waals surface area contributed by atoms with Crippen LogP contribution in [0.1, 0.15) is 33.4 Å². The number of hydrogen-bond donors (Lipinski definition) is 2. The van der Waals surface area contributed by atoms with Crippen LogP contribution in [-0.2, 0) is 0 Å². The molecule has 0 spiro atoms. The Bertz CT molecular complexity index is 822. The highest BCUT2D eigenvalue weighted by atomic mass is 32.2. The molecule has 0 unspecified atom stereocenters. The van der Waals surface area contributed by atoms with E-state index in [1.165, 1.54) is 44.8 Å². The van der Waals surface area contributed by atoms with Crippen molar-refractivity contribution in [3.05, 3.63) is 80.1 Å². The maximum Gasteiger partial charge on any atom is 0.141 e. The normalized spacial score (nSPS) is 13.8. The average molecular weight is 383 g/mol. The van der Waals surface area contributed by atoms with E-state index in [0.29, 0.717) is 4.24 Å². The Morgan fingerprint density at radius 2 is 0.923 bits per heavy atom. The minimum Gasteiger partial charge on any atom is -0.300 e. The zero-order valence-corrected chi connectivity index (χ0v) is 18.0. The second-order valence-electron chi connectivity index (χ2n) is 7.18. The number of rotatable bonds is 2. The molecular weight excluding hydrogens is 356 g/mol. The number of aryl methyl sites for hydroxylation is 6. The van der Waals surface area contributed by atoms with Crippen molar-refractivity contribution in [1.82, 2.24) is 0 Å². The van der Waals surface area contributed by atoms with Gasteiger partial charge in [0.2, 0.25) is 0 Å². The van der Waals surface area contributed by atoms with E-state index in [9.17, 15) is 0 Å². The highest BCUT2D eigenvalue weighted by Crippen LogP contribution is 2.40. The summed E-state index contributed by atoms with van der Waals surface area (Å²) < 4.78 is 0.689. The molecule has 1 aliphatic rings. The highest BCUT2D eigenvalue weighted by Gasteiger charge is 2.28. The van der Waals surface area contributed by atoms with Gasteiger partial charge in [-0.3, -0.25) is 9.80 Å². The SMILES string of the molecule is Cc1cc(C)c(N2C=CN(c3c(C)cc(C)cc3C)C2=C(S)S)c(C)c1. The van der Waals surface area contributed by atoms with E-state index in [1.54, 1.807) is 0 Å². The van der Waals surface area contributed by atoms with Gasteiger partial charge in [0.05, 0.1) is 15.6 Å². The van der Waals surface area contributed by atoms with Crippen LogP contribution in [0.25, 0.3) is 0 Å². The van der Waals surface area contributed by atoms with Crippen LogP contribution < -0.4 is 9.80 Å². The van der Waals surface area contributed by atoms with E-state index in [1.807, 2.05) is 0 Å². The molecule has 1 aliphatic heterocycles. The van der Waals surface area contributed by atoms with Crippen LogP contribution in [0.5, 0.6) is 0 Å². The van der Waals surface area contributed by atoms with Crippen molar-refractivity contribution in [2.75, 3.05) is 9.80 Å². The Morgan fingerprint density at radius 1 is 0.615 bits per heavy atom. The fourth-order valence-electron chi connectivity index (χ4n) is 4.07. The molecule has 1 heterocycles. The first-order valence-electron chi connectivity index (χ1n) is 8.75. The van der Waals surface area contributed by atoms with Crippen molar-refractivity contribution in [2.45, 2.75) is 41.5 Å². The first kappa shape index (κ1) is 19.0. The highest BCUT2D eigenvalue weighted by molar-refractivity contribution is 8.05. The molecule has 26 heavy (non-hydrogen) atoms. The van der Waals surface area contributed by atoms with Gasteiger partial charge in [-0.15, -0.1) is 25.3 Å². The number of benzene rings is 2. The van der Waals surface area contributed by atoms with Gasteiger partial charge in [-0.1, -0.05) is 35.4 Å². The van der Waals surface area contributed by atoms with Gasteiger partial charge in [0.15, 0.2) is 0 Å². The molecule has 0 fully saturated rings. The Hall–Kier alpha value is -1.78. The van der Waals surface area contributed by atoms with Gasteiger partial charge in [-0.25, -0.2) is 0 Å². The number of hydrogen-bond acceptors (Lipinski definition) is 4. The third kappa shape index (κ3) is 3.28. The molecular formula is C22H26N2S2. The van der Waals surface area contributed by atoms with E-state index < -0.39 is 0 Å². The van der Waals surface area contributed by atoms with E-state index in [0.717, 1.165) is 5.82 Å². The second-order valence-corrected chi connectivity index (χ2v) is 8.43. The molecule has 136 valence electrons. The maximum absolute atomic E-state index is 4.61. The molecule has 0 bridgehead atoms. The molecule has 0 atom stereocenters. The predicted molar refractivity (Wildman–Crippen MR) is 120 cm³/mol. The van der Waals surface area contributed by atoms with Crippen molar-refractivity contribution in [2.24, 2.45) is 0 Å². The molecule has 3 rings (SSSR count). The molecule has 0 N–H and O–H groups in total. The molecule has 4 heteroatoms. The quantitative estimate of drug-likeness (QED) is 0.587. The second kappa shape index (κ2) is 7.09. The molecule has 0 aromatic heterocycles. The molecule has 0 amide bonds. The van der Waals surface area contributed by atoms with E-state index in [-0.39, 0.29) is 0 Å². The molecule has 2 aromatic rings. The molecule has 0 aliphatic carbocycles. The van der Waals surface area contributed by atoms with Gasteiger partial charge in [-0.05, 0) is 63.8 Å².